The second kappa shape index (κ2) is 9.05. The summed E-state index contributed by atoms with van der Waals surface area (Å²) in [6.45, 7) is 0.695. The molecule has 3 N–H and O–H groups in total. The lowest BCUT2D eigenvalue weighted by Gasteiger charge is -2.24. The van der Waals surface area contributed by atoms with E-state index >= 15 is 0 Å². The van der Waals surface area contributed by atoms with Crippen LogP contribution >= 0.6 is 0 Å². The molecular weight excluding hydrogens is 452 g/mol. The van der Waals surface area contributed by atoms with E-state index in [2.05, 4.69) is 15.4 Å². The number of amides is 1. The monoisotopic (exact) mass is 478 g/mol. The molecule has 1 aliphatic heterocycles. The van der Waals surface area contributed by atoms with Gasteiger partial charge < -0.3 is 34.7 Å². The van der Waals surface area contributed by atoms with E-state index in [0.29, 0.717) is 47.8 Å². The van der Waals surface area contributed by atoms with Crippen LogP contribution in [0.2, 0.25) is 0 Å². The van der Waals surface area contributed by atoms with E-state index in [1.54, 1.807) is 38.4 Å². The van der Waals surface area contributed by atoms with Gasteiger partial charge in [-0.25, -0.2) is 9.50 Å². The lowest BCUT2D eigenvalue weighted by atomic mass is 10.2. The molecule has 0 unspecified atom stereocenters. The van der Waals surface area contributed by atoms with Crippen molar-refractivity contribution in [1.29, 1.82) is 0 Å². The third kappa shape index (κ3) is 4.03. The number of benzene rings is 1. The maximum absolute atomic E-state index is 12.0. The summed E-state index contributed by atoms with van der Waals surface area (Å²) in [5, 5.41) is 7.70. The molecular formula is C23H26N8O4. The van der Waals surface area contributed by atoms with Crippen molar-refractivity contribution >= 4 is 29.0 Å². The van der Waals surface area contributed by atoms with E-state index in [1.807, 2.05) is 39.9 Å². The second-order valence-electron chi connectivity index (χ2n) is 8.03. The zero-order valence-corrected chi connectivity index (χ0v) is 19.6. The molecule has 1 amide bonds. The van der Waals surface area contributed by atoms with Gasteiger partial charge in [-0.15, -0.1) is 5.10 Å². The minimum Gasteiger partial charge on any atom is -0.493 e. The largest absolute Gasteiger partial charge is 0.493 e. The summed E-state index contributed by atoms with van der Waals surface area (Å²) in [7, 11) is 4.69. The van der Waals surface area contributed by atoms with Crippen LogP contribution in [0.3, 0.4) is 0 Å². The fourth-order valence-corrected chi connectivity index (χ4v) is 4.36. The van der Waals surface area contributed by atoms with Crippen LogP contribution < -0.4 is 30.2 Å². The van der Waals surface area contributed by atoms with Gasteiger partial charge in [0, 0.05) is 24.9 Å². The molecule has 4 aromatic rings. The Morgan fingerprint density at radius 3 is 2.63 bits per heavy atom. The Bertz CT molecular complexity index is 1360. The van der Waals surface area contributed by atoms with E-state index in [0.717, 1.165) is 17.6 Å². The summed E-state index contributed by atoms with van der Waals surface area (Å²) in [5.74, 6) is 2.74. The standard InChI is InChI=1S/C23H26N8O4/c1-33-17-10-14(11-18(34-2)20(17)35-3)29-12-19(25-13-29)26-23-27-22(16-7-5-9-31(16)28-23)30-8-4-6-15(30)21(24)32/h5,7,9-13,15H,4,6,8H2,1-3H3,(H2,24,32)(H,26,28)/t15-/m0/s1. The Morgan fingerprint density at radius 2 is 1.94 bits per heavy atom. The molecule has 182 valence electrons. The number of carbonyl (C=O) groups excluding carboxylic acids is 1. The van der Waals surface area contributed by atoms with Crippen LogP contribution in [0.4, 0.5) is 17.6 Å². The molecule has 0 aliphatic carbocycles. The number of nitrogens with two attached hydrogens (primary N) is 1. The highest BCUT2D eigenvalue weighted by molar-refractivity contribution is 5.86. The molecule has 12 heteroatoms. The lowest BCUT2D eigenvalue weighted by Crippen LogP contribution is -2.41. The lowest BCUT2D eigenvalue weighted by molar-refractivity contribution is -0.119. The molecule has 4 heterocycles. The first-order valence-electron chi connectivity index (χ1n) is 11.0. The minimum atomic E-state index is -0.393. The van der Waals surface area contributed by atoms with Gasteiger partial charge in [-0.3, -0.25) is 4.79 Å². The zero-order valence-electron chi connectivity index (χ0n) is 19.6. The van der Waals surface area contributed by atoms with Crippen LogP contribution in [0, 0.1) is 0 Å². The number of anilines is 3. The fourth-order valence-electron chi connectivity index (χ4n) is 4.36. The number of ether oxygens (including phenoxy) is 3. The van der Waals surface area contributed by atoms with Crippen molar-refractivity contribution in [3.8, 4) is 22.9 Å². The van der Waals surface area contributed by atoms with Crippen molar-refractivity contribution in [2.45, 2.75) is 18.9 Å². The number of fused-ring (bicyclic) bond motifs is 1. The number of hydrogen-bond acceptors (Lipinski definition) is 9. The Kier molecular flexibility index (Phi) is 5.77. The molecule has 0 bridgehead atoms. The van der Waals surface area contributed by atoms with Gasteiger partial charge in [0.15, 0.2) is 23.1 Å². The van der Waals surface area contributed by atoms with E-state index in [-0.39, 0.29) is 5.91 Å². The first-order valence-corrected chi connectivity index (χ1v) is 11.0. The smallest absolute Gasteiger partial charge is 0.248 e. The van der Waals surface area contributed by atoms with Crippen LogP contribution in [0.25, 0.3) is 11.2 Å². The number of carbonyl (C=O) groups is 1. The fraction of sp³-hybridized carbons (Fsp3) is 0.304. The third-order valence-electron chi connectivity index (χ3n) is 5.99. The molecule has 5 rings (SSSR count). The van der Waals surface area contributed by atoms with Crippen molar-refractivity contribution in [2.24, 2.45) is 5.73 Å². The normalized spacial score (nSPS) is 15.4. The van der Waals surface area contributed by atoms with Gasteiger partial charge in [0.25, 0.3) is 0 Å². The van der Waals surface area contributed by atoms with Gasteiger partial charge in [-0.05, 0) is 25.0 Å². The van der Waals surface area contributed by atoms with Crippen LogP contribution in [0.1, 0.15) is 12.8 Å². The summed E-state index contributed by atoms with van der Waals surface area (Å²) in [5.41, 5.74) is 7.20. The molecule has 1 aromatic carbocycles. The first-order chi connectivity index (χ1) is 17.0. The molecule has 1 aliphatic rings. The topological polar surface area (TPSA) is 134 Å². The van der Waals surface area contributed by atoms with E-state index in [1.165, 1.54) is 0 Å². The molecule has 1 atom stereocenters. The number of methoxy groups -OCH3 is 3. The summed E-state index contributed by atoms with van der Waals surface area (Å²) in [6, 6.07) is 7.05. The van der Waals surface area contributed by atoms with Gasteiger partial charge in [0.1, 0.15) is 17.9 Å². The predicted octanol–water partition coefficient (Wildman–Crippen LogP) is 2.14. The summed E-state index contributed by atoms with van der Waals surface area (Å²) in [4.78, 5) is 23.1. The highest BCUT2D eigenvalue weighted by atomic mass is 16.5. The van der Waals surface area contributed by atoms with Gasteiger partial charge >= 0.3 is 0 Å². The Hall–Kier alpha value is -4.48. The number of hydrogen-bond donors (Lipinski definition) is 2. The number of aromatic nitrogens is 5. The molecule has 1 fully saturated rings. The average Bonchev–Trinajstić information content (AvgIpc) is 3.63. The molecule has 3 aromatic heterocycles. The quantitative estimate of drug-likeness (QED) is 0.390. The maximum Gasteiger partial charge on any atom is 0.248 e. The highest BCUT2D eigenvalue weighted by Crippen LogP contribution is 2.39. The number of nitrogens with one attached hydrogen (secondary N) is 1. The van der Waals surface area contributed by atoms with E-state index in [9.17, 15) is 4.79 Å². The van der Waals surface area contributed by atoms with Crippen LogP contribution in [-0.2, 0) is 4.79 Å². The Labute approximate surface area is 201 Å². The Balaban J connectivity index is 1.47. The van der Waals surface area contributed by atoms with Gasteiger partial charge in [0.05, 0.1) is 33.2 Å². The SMILES string of the molecule is COc1cc(-n2cnc(Nc3nc(N4CCC[C@H]4C(N)=O)c4cccn4n3)c2)cc(OC)c1OC. The maximum atomic E-state index is 12.0. The molecule has 0 saturated carbocycles. The molecule has 0 spiro atoms. The second-order valence-corrected chi connectivity index (χ2v) is 8.03. The van der Waals surface area contributed by atoms with E-state index in [4.69, 9.17) is 24.9 Å². The molecule has 1 saturated heterocycles. The first kappa shape index (κ1) is 22.3. The Morgan fingerprint density at radius 1 is 1.17 bits per heavy atom. The summed E-state index contributed by atoms with van der Waals surface area (Å²) in [6.07, 6.45) is 6.85. The summed E-state index contributed by atoms with van der Waals surface area (Å²) >= 11 is 0. The number of nitrogens with zero attached hydrogens (tertiary/aromatic N) is 6. The predicted molar refractivity (Wildman–Crippen MR) is 129 cm³/mol. The van der Waals surface area contributed by atoms with Crippen molar-refractivity contribution < 1.29 is 19.0 Å². The molecule has 35 heavy (non-hydrogen) atoms. The minimum absolute atomic E-state index is 0.342. The van der Waals surface area contributed by atoms with Gasteiger partial charge in [0.2, 0.25) is 17.6 Å². The van der Waals surface area contributed by atoms with Crippen LogP contribution in [0.5, 0.6) is 17.2 Å². The van der Waals surface area contributed by atoms with Crippen LogP contribution in [0.15, 0.2) is 43.0 Å². The van der Waals surface area contributed by atoms with Crippen molar-refractivity contribution in [2.75, 3.05) is 38.1 Å². The van der Waals surface area contributed by atoms with Gasteiger partial charge in [-0.2, -0.15) is 4.98 Å². The summed E-state index contributed by atoms with van der Waals surface area (Å²) < 4.78 is 19.8. The van der Waals surface area contributed by atoms with Crippen molar-refractivity contribution in [3.63, 3.8) is 0 Å². The number of imidazole rings is 1. The van der Waals surface area contributed by atoms with Crippen molar-refractivity contribution in [1.82, 2.24) is 24.1 Å². The van der Waals surface area contributed by atoms with Crippen LogP contribution in [-0.4, -0.2) is 64.0 Å². The third-order valence-corrected chi connectivity index (χ3v) is 5.99. The highest BCUT2D eigenvalue weighted by Gasteiger charge is 2.31. The molecule has 0 radical (unpaired) electrons. The van der Waals surface area contributed by atoms with Gasteiger partial charge in [-0.1, -0.05) is 0 Å². The van der Waals surface area contributed by atoms with E-state index < -0.39 is 6.04 Å². The van der Waals surface area contributed by atoms with Crippen molar-refractivity contribution in [3.05, 3.63) is 43.0 Å². The molecule has 12 nitrogen and oxygen atoms in total. The average molecular weight is 479 g/mol. The number of rotatable bonds is 8. The number of primary amides is 1. The zero-order chi connectivity index (χ0) is 24.5.